The molecule has 8 aromatic carbocycles. The van der Waals surface area contributed by atoms with E-state index in [1.807, 2.05) is 0 Å². The Labute approximate surface area is 356 Å². The minimum atomic E-state index is 0.789. The summed E-state index contributed by atoms with van der Waals surface area (Å²) in [7, 11) is 7.13. The lowest BCUT2D eigenvalue weighted by Gasteiger charge is -2.23. The van der Waals surface area contributed by atoms with Crippen LogP contribution in [0.3, 0.4) is 0 Å². The molecule has 60 heavy (non-hydrogen) atoms. The van der Waals surface area contributed by atoms with Crippen molar-refractivity contribution in [1.29, 1.82) is 0 Å². The average molecular weight is 795 g/mol. The highest BCUT2D eigenvalue weighted by Gasteiger charge is 2.26. The van der Waals surface area contributed by atoms with Gasteiger partial charge in [-0.15, -0.1) is 0 Å². The van der Waals surface area contributed by atoms with Gasteiger partial charge in [0, 0.05) is 22.3 Å². The van der Waals surface area contributed by atoms with Crippen LogP contribution in [0.4, 0.5) is 0 Å². The molecule has 0 saturated heterocycles. The molecule has 8 aromatic rings. The quantitative estimate of drug-likeness (QED) is 0.0861. The first kappa shape index (κ1) is 40.8. The molecule has 0 aromatic heterocycles. The minimum absolute atomic E-state index is 0.789. The smallest absolute Gasteiger partial charge is 0.128 e. The summed E-state index contributed by atoms with van der Waals surface area (Å²) in [6.07, 6.45) is 11.8. The molecule has 8 rings (SSSR count). The molecule has 0 amide bonds. The molecule has 0 atom stereocenters. The molecule has 0 saturated carbocycles. The highest BCUT2D eigenvalue weighted by atomic mass is 16.5. The van der Waals surface area contributed by atoms with Crippen molar-refractivity contribution in [2.45, 2.75) is 78.1 Å². The molecule has 0 aliphatic rings. The van der Waals surface area contributed by atoms with E-state index in [1.54, 1.807) is 28.4 Å². The summed E-state index contributed by atoms with van der Waals surface area (Å²) in [4.78, 5) is 0. The number of benzene rings is 8. The molecule has 0 radical (unpaired) electrons. The van der Waals surface area contributed by atoms with E-state index in [-0.39, 0.29) is 0 Å². The second-order valence-corrected chi connectivity index (χ2v) is 16.0. The molecule has 0 unspecified atom stereocenters. The number of fused-ring (bicyclic) bond motifs is 4. The van der Waals surface area contributed by atoms with Crippen LogP contribution in [0.25, 0.3) is 76.5 Å². The number of ether oxygens (including phenoxy) is 4. The zero-order chi connectivity index (χ0) is 41.6. The summed E-state index contributed by atoms with van der Waals surface area (Å²) in [5.41, 5.74) is 8.96. The number of hydrogen-bond acceptors (Lipinski definition) is 4. The maximum atomic E-state index is 6.43. The number of methoxy groups -OCH3 is 4. The zero-order valence-corrected chi connectivity index (χ0v) is 36.3. The van der Waals surface area contributed by atoms with E-state index in [1.165, 1.54) is 71.2 Å². The third-order valence-corrected chi connectivity index (χ3v) is 12.5. The normalized spacial score (nSPS) is 11.5. The third-order valence-electron chi connectivity index (χ3n) is 12.5. The fraction of sp³-hybridized carbons (Fsp3) is 0.286. The molecule has 0 fully saturated rings. The first-order chi connectivity index (χ1) is 29.6. The van der Waals surface area contributed by atoms with Crippen LogP contribution in [0.5, 0.6) is 23.0 Å². The second kappa shape index (κ2) is 18.5. The summed E-state index contributed by atoms with van der Waals surface area (Å²) in [6, 6.07) is 43.9. The van der Waals surface area contributed by atoms with E-state index in [9.17, 15) is 0 Å². The Bertz CT molecular complexity index is 2610. The van der Waals surface area contributed by atoms with Crippen molar-refractivity contribution < 1.29 is 18.9 Å². The first-order valence-corrected chi connectivity index (χ1v) is 21.9. The van der Waals surface area contributed by atoms with Crippen LogP contribution in [0.1, 0.15) is 76.3 Å². The van der Waals surface area contributed by atoms with Crippen LogP contribution in [-0.2, 0) is 12.8 Å². The summed E-state index contributed by atoms with van der Waals surface area (Å²) in [6.45, 7) is 4.53. The van der Waals surface area contributed by atoms with E-state index in [2.05, 4.69) is 135 Å². The predicted molar refractivity (Wildman–Crippen MR) is 255 cm³/mol. The first-order valence-electron chi connectivity index (χ1n) is 21.9. The molecule has 0 bridgehead atoms. The van der Waals surface area contributed by atoms with Crippen molar-refractivity contribution in [3.05, 3.63) is 132 Å². The van der Waals surface area contributed by atoms with Crippen molar-refractivity contribution in [2.75, 3.05) is 28.4 Å². The van der Waals surface area contributed by atoms with Gasteiger partial charge in [0.25, 0.3) is 0 Å². The van der Waals surface area contributed by atoms with Crippen molar-refractivity contribution in [3.8, 4) is 56.4 Å². The van der Waals surface area contributed by atoms with E-state index in [0.717, 1.165) is 104 Å². The van der Waals surface area contributed by atoms with Gasteiger partial charge in [0.2, 0.25) is 0 Å². The molecule has 4 nitrogen and oxygen atoms in total. The number of hydrogen-bond donors (Lipinski definition) is 0. The monoisotopic (exact) mass is 794 g/mol. The zero-order valence-electron chi connectivity index (χ0n) is 36.3. The van der Waals surface area contributed by atoms with Gasteiger partial charge in [-0.25, -0.2) is 0 Å². The van der Waals surface area contributed by atoms with Crippen molar-refractivity contribution in [1.82, 2.24) is 0 Å². The predicted octanol–water partition coefficient (Wildman–Crippen LogP) is 15.6. The summed E-state index contributed by atoms with van der Waals surface area (Å²) in [5.74, 6) is 3.30. The minimum Gasteiger partial charge on any atom is -0.496 e. The molecule has 0 aliphatic heterocycles. The molecule has 306 valence electrons. The van der Waals surface area contributed by atoms with Gasteiger partial charge >= 0.3 is 0 Å². The van der Waals surface area contributed by atoms with Gasteiger partial charge in [-0.05, 0) is 115 Å². The van der Waals surface area contributed by atoms with Gasteiger partial charge in [0.05, 0.1) is 28.4 Å². The van der Waals surface area contributed by atoms with Crippen molar-refractivity contribution in [2.24, 2.45) is 0 Å². The molecular weight excluding hydrogens is 737 g/mol. The van der Waals surface area contributed by atoms with Gasteiger partial charge in [-0.1, -0.05) is 149 Å². The highest BCUT2D eigenvalue weighted by Crippen LogP contribution is 2.53. The SMILES string of the molecule is CCCCCCc1cc(OC)c(-c2c(OC)cc(-c3cc(OC)c(-c4c(OC)cc(CCCCCC)c5ccccc45)c4ccccc34)c3ccccc23)c2ccccc12. The van der Waals surface area contributed by atoms with Gasteiger partial charge in [0.15, 0.2) is 0 Å². The highest BCUT2D eigenvalue weighted by molar-refractivity contribution is 6.19. The van der Waals surface area contributed by atoms with Crippen LogP contribution >= 0.6 is 0 Å². The van der Waals surface area contributed by atoms with E-state index in [0.29, 0.717) is 0 Å². The van der Waals surface area contributed by atoms with Crippen molar-refractivity contribution >= 4 is 43.1 Å². The van der Waals surface area contributed by atoms with Gasteiger partial charge in [0.1, 0.15) is 23.0 Å². The van der Waals surface area contributed by atoms with E-state index < -0.39 is 0 Å². The lowest BCUT2D eigenvalue weighted by molar-refractivity contribution is 0.410. The maximum Gasteiger partial charge on any atom is 0.128 e. The van der Waals surface area contributed by atoms with Crippen molar-refractivity contribution in [3.63, 3.8) is 0 Å². The number of rotatable bonds is 17. The molecule has 0 N–H and O–H groups in total. The lowest BCUT2D eigenvalue weighted by atomic mass is 9.84. The Morgan fingerprint density at radius 2 is 0.600 bits per heavy atom. The molecule has 0 heterocycles. The fourth-order valence-corrected chi connectivity index (χ4v) is 9.56. The average Bonchev–Trinajstić information content (AvgIpc) is 3.30. The van der Waals surface area contributed by atoms with Crippen LogP contribution in [0.2, 0.25) is 0 Å². The Morgan fingerprint density at radius 1 is 0.317 bits per heavy atom. The van der Waals surface area contributed by atoms with Crippen LogP contribution in [-0.4, -0.2) is 28.4 Å². The number of aryl methyl sites for hydroxylation is 2. The van der Waals surface area contributed by atoms with Gasteiger partial charge in [-0.2, -0.15) is 0 Å². The molecule has 4 heteroatoms. The van der Waals surface area contributed by atoms with Gasteiger partial charge < -0.3 is 18.9 Å². The number of unbranched alkanes of at least 4 members (excludes halogenated alkanes) is 6. The summed E-state index contributed by atoms with van der Waals surface area (Å²) in [5, 5.41) is 9.31. The Balaban J connectivity index is 1.36. The third kappa shape index (κ3) is 7.53. The topological polar surface area (TPSA) is 36.9 Å². The lowest BCUT2D eigenvalue weighted by Crippen LogP contribution is -2.00. The fourth-order valence-electron chi connectivity index (χ4n) is 9.56. The van der Waals surface area contributed by atoms with Crippen LogP contribution < -0.4 is 18.9 Å². The molecular formula is C56H58O4. The van der Waals surface area contributed by atoms with E-state index >= 15 is 0 Å². The molecule has 0 aliphatic carbocycles. The standard InChI is InChI=1S/C56H58O4/c1-7-9-11-13-23-37-33-49(57-3)53(43-29-19-15-25-39(37)43)55-45-31-21-17-27-41(45)47(35-51(55)59-5)48-36-52(60-6)56(46-32-22-18-28-42(46)48)54-44-30-20-16-26-40(44)38(34-50(54)58-4)24-14-12-10-8-2/h15-22,25-36H,7-14,23-24H2,1-6H3. The largest absolute Gasteiger partial charge is 0.496 e. The maximum absolute atomic E-state index is 6.43. The van der Waals surface area contributed by atoms with Crippen LogP contribution in [0.15, 0.2) is 121 Å². The Kier molecular flexibility index (Phi) is 12.6. The van der Waals surface area contributed by atoms with Crippen LogP contribution in [0, 0.1) is 0 Å². The second-order valence-electron chi connectivity index (χ2n) is 16.0. The Morgan fingerprint density at radius 3 is 0.917 bits per heavy atom. The van der Waals surface area contributed by atoms with Gasteiger partial charge in [-0.3, -0.25) is 0 Å². The summed E-state index contributed by atoms with van der Waals surface area (Å²) >= 11 is 0. The molecule has 0 spiro atoms. The summed E-state index contributed by atoms with van der Waals surface area (Å²) < 4.78 is 25.4. The van der Waals surface area contributed by atoms with E-state index in [4.69, 9.17) is 18.9 Å². The Hall–Kier alpha value is -6.00.